The topological polar surface area (TPSA) is 111 Å². The van der Waals surface area contributed by atoms with Gasteiger partial charge in [-0.2, -0.15) is 0 Å². The predicted octanol–water partition coefficient (Wildman–Crippen LogP) is 9.96. The molecule has 0 N–H and O–H groups in total. The molecule has 0 aliphatic rings. The second kappa shape index (κ2) is 31.0. The lowest BCUT2D eigenvalue weighted by atomic mass is 10.0. The van der Waals surface area contributed by atoms with Gasteiger partial charge < -0.3 is 27.9 Å². The van der Waals surface area contributed by atoms with Gasteiger partial charge in [-0.3, -0.25) is 14.2 Å². The van der Waals surface area contributed by atoms with Crippen LogP contribution in [0.4, 0.5) is 0 Å². The number of ether oxygens (including phenoxy) is 2. The summed E-state index contributed by atoms with van der Waals surface area (Å²) in [5, 5.41) is 0. The molecule has 0 aromatic carbocycles. The number of quaternary nitrogens is 1. The van der Waals surface area contributed by atoms with E-state index >= 15 is 0 Å². The van der Waals surface area contributed by atoms with Crippen molar-refractivity contribution in [3.63, 3.8) is 0 Å². The highest BCUT2D eigenvalue weighted by Crippen LogP contribution is 2.38. The summed E-state index contributed by atoms with van der Waals surface area (Å²) in [7, 11) is 1.16. The number of nitrogens with zero attached hydrogens (tertiary/aromatic N) is 1. The van der Waals surface area contributed by atoms with E-state index in [-0.39, 0.29) is 32.0 Å². The minimum Gasteiger partial charge on any atom is -0.756 e. The zero-order chi connectivity index (χ0) is 35.2. The van der Waals surface area contributed by atoms with E-state index < -0.39 is 26.5 Å². The fraction of sp³-hybridized carbons (Fsp3) is 0.886. The van der Waals surface area contributed by atoms with E-state index in [1.165, 1.54) is 74.2 Å². The average molecular weight is 914 g/mol. The summed E-state index contributed by atoms with van der Waals surface area (Å²) < 4.78 is 37.2. The molecule has 0 aromatic rings. The van der Waals surface area contributed by atoms with Crippen LogP contribution in [0.3, 0.4) is 0 Å². The van der Waals surface area contributed by atoms with Crippen molar-refractivity contribution in [1.82, 2.24) is 0 Å². The quantitative estimate of drug-likeness (QED) is 0.0211. The van der Waals surface area contributed by atoms with Gasteiger partial charge in [0.2, 0.25) is 0 Å². The number of carbonyl (C=O) groups is 2. The molecule has 9 nitrogen and oxygen atoms in total. The molecule has 0 amide bonds. The van der Waals surface area contributed by atoms with E-state index in [9.17, 15) is 19.0 Å². The molecule has 2 atom stereocenters. The van der Waals surface area contributed by atoms with Gasteiger partial charge >= 0.3 is 11.9 Å². The Labute approximate surface area is 314 Å². The molecule has 0 fully saturated rings. The number of hydrogen-bond donors (Lipinski definition) is 0. The van der Waals surface area contributed by atoms with Crippen LogP contribution in [0.2, 0.25) is 0 Å². The first-order valence-electron chi connectivity index (χ1n) is 18.1. The summed E-state index contributed by atoms with van der Waals surface area (Å²) in [6, 6.07) is 0. The molecule has 0 rings (SSSR count). The number of esters is 2. The first-order chi connectivity index (χ1) is 22.4. The number of halogens is 2. The number of phosphoric acid groups is 1. The molecule has 0 saturated carbocycles. The molecule has 0 heterocycles. The molecule has 12 heteroatoms. The molecule has 0 bridgehead atoms. The minimum atomic E-state index is -4.61. The average Bonchev–Trinajstić information content (AvgIpc) is 3.01. The molecule has 0 aromatic heterocycles. The van der Waals surface area contributed by atoms with E-state index in [1.54, 1.807) is 0 Å². The lowest BCUT2D eigenvalue weighted by molar-refractivity contribution is -0.870. The Morgan fingerprint density at radius 3 is 1.62 bits per heavy atom. The van der Waals surface area contributed by atoms with Crippen molar-refractivity contribution in [3.8, 4) is 0 Å². The third-order valence-electron chi connectivity index (χ3n) is 7.81. The van der Waals surface area contributed by atoms with Crippen LogP contribution in [0, 0.1) is 0 Å². The zero-order valence-electron chi connectivity index (χ0n) is 30.0. The van der Waals surface area contributed by atoms with Crippen molar-refractivity contribution in [2.45, 2.75) is 154 Å². The fourth-order valence-corrected chi connectivity index (χ4v) is 6.29. The van der Waals surface area contributed by atoms with Crippen molar-refractivity contribution in [1.29, 1.82) is 0 Å². The predicted molar refractivity (Wildman–Crippen MR) is 207 cm³/mol. The molecule has 278 valence electrons. The van der Waals surface area contributed by atoms with Crippen LogP contribution in [0.5, 0.6) is 0 Å². The number of hydrogen-bond acceptors (Lipinski definition) is 8. The summed E-state index contributed by atoms with van der Waals surface area (Å²) in [4.78, 5) is 37.2. The van der Waals surface area contributed by atoms with Gasteiger partial charge in [0.05, 0.1) is 27.7 Å². The van der Waals surface area contributed by atoms with E-state index in [1.807, 2.05) is 21.1 Å². The highest BCUT2D eigenvalue weighted by Gasteiger charge is 2.21. The van der Waals surface area contributed by atoms with Gasteiger partial charge in [0.25, 0.3) is 7.82 Å². The smallest absolute Gasteiger partial charge is 0.306 e. The van der Waals surface area contributed by atoms with Crippen molar-refractivity contribution >= 4 is 64.9 Å². The molecular weight excluding hydrogens is 847 g/mol. The summed E-state index contributed by atoms with van der Waals surface area (Å²) in [6.07, 6.45) is 22.6. The second-order valence-electron chi connectivity index (χ2n) is 13.6. The van der Waals surface area contributed by atoms with E-state index in [4.69, 9.17) is 18.5 Å². The zero-order valence-corrected chi connectivity index (χ0v) is 35.2. The number of carbonyl (C=O) groups excluding carboxylic acids is 2. The molecule has 1 unspecified atom stereocenters. The van der Waals surface area contributed by atoms with E-state index in [0.717, 1.165) is 51.4 Å². The molecule has 47 heavy (non-hydrogen) atoms. The lowest BCUT2D eigenvalue weighted by Gasteiger charge is -2.28. The van der Waals surface area contributed by atoms with Crippen LogP contribution in [0.1, 0.15) is 148 Å². The Hall–Kier alpha value is 0.210. The molecular formula is C35H66I2NO8P. The number of likely N-dealkylation sites (N-methyl/N-ethyl adjacent to an activating group) is 1. The Morgan fingerprint density at radius 2 is 1.15 bits per heavy atom. The number of unbranched alkanes of at least 4 members (excludes halogenated alkanes) is 17. The van der Waals surface area contributed by atoms with Crippen LogP contribution in [0.25, 0.3) is 0 Å². The van der Waals surface area contributed by atoms with Gasteiger partial charge in [-0.1, -0.05) is 132 Å². The third kappa shape index (κ3) is 34.4. The standard InChI is InChI=1S/C35H66I2NO8P/c1-5-6-7-8-9-10-11-12-13-14-15-19-22-25-34(39)43-30-33(31-45-47(41,42)44-28-27-38(2,3)4)46-35(40)26-23-20-17-16-18-21-24-32(37)29-36/h29,33H,5-28,30-31H2,1-4H3/b32-29+/t33-/m1/s1. The summed E-state index contributed by atoms with van der Waals surface area (Å²) in [5.41, 5.74) is 0. The maximum Gasteiger partial charge on any atom is 0.306 e. The monoisotopic (exact) mass is 913 g/mol. The van der Waals surface area contributed by atoms with Crippen LogP contribution >= 0.6 is 53.0 Å². The van der Waals surface area contributed by atoms with Crippen LogP contribution in [-0.4, -0.2) is 70.0 Å². The Balaban J connectivity index is 4.44. The van der Waals surface area contributed by atoms with Crippen LogP contribution < -0.4 is 4.89 Å². The molecule has 0 aliphatic carbocycles. The molecule has 0 saturated heterocycles. The number of rotatable bonds is 33. The van der Waals surface area contributed by atoms with Crippen molar-refractivity contribution in [2.75, 3.05) is 47.5 Å². The van der Waals surface area contributed by atoms with E-state index in [2.05, 4.69) is 56.2 Å². The summed E-state index contributed by atoms with van der Waals surface area (Å²) in [5.74, 6) is -0.846. The highest BCUT2D eigenvalue weighted by atomic mass is 127. The first kappa shape index (κ1) is 47.2. The molecule has 0 aliphatic heterocycles. The van der Waals surface area contributed by atoms with Crippen LogP contribution in [0.15, 0.2) is 7.66 Å². The Kier molecular flexibility index (Phi) is 31.1. The first-order valence-corrected chi connectivity index (χ1v) is 21.9. The van der Waals surface area contributed by atoms with Crippen LogP contribution in [-0.2, 0) is 32.7 Å². The fourth-order valence-electron chi connectivity index (χ4n) is 4.87. The summed E-state index contributed by atoms with van der Waals surface area (Å²) >= 11 is 4.63. The van der Waals surface area contributed by atoms with Gasteiger partial charge in [0.1, 0.15) is 19.8 Å². The molecule has 0 radical (unpaired) electrons. The van der Waals surface area contributed by atoms with Crippen molar-refractivity contribution < 1.29 is 42.1 Å². The highest BCUT2D eigenvalue weighted by molar-refractivity contribution is 14.1. The van der Waals surface area contributed by atoms with Gasteiger partial charge in [-0.25, -0.2) is 0 Å². The van der Waals surface area contributed by atoms with Gasteiger partial charge in [0.15, 0.2) is 6.10 Å². The normalized spacial score (nSPS) is 14.1. The second-order valence-corrected chi connectivity index (χ2v) is 17.0. The molecule has 0 spiro atoms. The van der Waals surface area contributed by atoms with E-state index in [0.29, 0.717) is 17.4 Å². The van der Waals surface area contributed by atoms with Crippen molar-refractivity contribution in [3.05, 3.63) is 7.66 Å². The maximum absolute atomic E-state index is 12.6. The minimum absolute atomic E-state index is 0.0307. The van der Waals surface area contributed by atoms with Gasteiger partial charge in [-0.15, -0.1) is 0 Å². The Morgan fingerprint density at radius 1 is 0.702 bits per heavy atom. The SMILES string of the molecule is CCCCCCCCCCCCCCCC(=O)OC[C@H](COP(=O)([O-])OCC[N+](C)(C)C)OC(=O)CCCCCCCC/C(I)=C\I. The Bertz CT molecular complexity index is 869. The summed E-state index contributed by atoms with van der Waals surface area (Å²) in [6.45, 7) is 1.97. The third-order valence-corrected chi connectivity index (χ3v) is 11.6. The van der Waals surface area contributed by atoms with Gasteiger partial charge in [-0.05, 0) is 55.9 Å². The number of allylic oxidation sites excluding steroid dienone is 1. The number of phosphoric ester groups is 1. The maximum atomic E-state index is 12.6. The van der Waals surface area contributed by atoms with Crippen molar-refractivity contribution in [2.24, 2.45) is 0 Å². The largest absolute Gasteiger partial charge is 0.756 e. The lowest BCUT2D eigenvalue weighted by Crippen LogP contribution is -2.37. The van der Waals surface area contributed by atoms with Gasteiger partial charge in [0, 0.05) is 12.8 Å².